The van der Waals surface area contributed by atoms with Crippen LogP contribution in [-0.4, -0.2) is 31.3 Å². The van der Waals surface area contributed by atoms with Crippen LogP contribution >= 0.6 is 0 Å². The van der Waals surface area contributed by atoms with Crippen LogP contribution in [0.3, 0.4) is 0 Å². The maximum Gasteiger partial charge on any atom is 0.129 e. The van der Waals surface area contributed by atoms with Crippen LogP contribution < -0.4 is 15.4 Å². The second-order valence-electron chi connectivity index (χ2n) is 6.51. The molecule has 3 aromatic carbocycles. The van der Waals surface area contributed by atoms with E-state index < -0.39 is 0 Å². The Hall–Kier alpha value is -2.47. The van der Waals surface area contributed by atoms with Crippen LogP contribution in [0.25, 0.3) is 10.8 Å². The monoisotopic (exact) mass is 370 g/mol. The van der Waals surface area contributed by atoms with Gasteiger partial charge >= 0.3 is 0 Å². The summed E-state index contributed by atoms with van der Waals surface area (Å²) in [6, 6.07) is 19.0. The van der Waals surface area contributed by atoms with Crippen molar-refractivity contribution in [2.24, 2.45) is 0 Å². The van der Waals surface area contributed by atoms with Crippen molar-refractivity contribution in [2.75, 3.05) is 26.2 Å². The van der Waals surface area contributed by atoms with E-state index in [0.29, 0.717) is 5.56 Å². The Bertz CT molecular complexity index is 870. The minimum atomic E-state index is -0.245. The summed E-state index contributed by atoms with van der Waals surface area (Å²) in [5.41, 5.74) is 1.69. The summed E-state index contributed by atoms with van der Waals surface area (Å²) < 4.78 is 19.9. The third-order valence-electron chi connectivity index (χ3n) is 4.60. The zero-order chi connectivity index (χ0) is 18.9. The number of nitrogens with two attached hydrogens (primary N) is 2. The molecular formula is C22H27FN2O2+2. The van der Waals surface area contributed by atoms with Gasteiger partial charge in [-0.05, 0) is 22.9 Å². The van der Waals surface area contributed by atoms with E-state index in [0.717, 1.165) is 37.5 Å². The first-order valence-corrected chi connectivity index (χ1v) is 9.40. The zero-order valence-corrected chi connectivity index (χ0v) is 15.4. The topological polar surface area (TPSA) is 62.7 Å². The largest absolute Gasteiger partial charge is 0.488 e. The second kappa shape index (κ2) is 10.0. The van der Waals surface area contributed by atoms with E-state index in [1.807, 2.05) is 30.3 Å². The highest BCUT2D eigenvalue weighted by Gasteiger charge is 2.12. The van der Waals surface area contributed by atoms with E-state index >= 15 is 0 Å². The number of benzene rings is 3. The number of aliphatic hydroxyl groups excluding tert-OH is 1. The standard InChI is InChI=1S/C22H25FN2O2/c23-21-8-4-2-6-18(21)16-27-22-10-9-17-5-1-3-7-19(17)20(22)15-25-12-11-24-13-14-26/h1-10,24-26H,11-16H2/p+2. The molecule has 5 heteroatoms. The molecule has 142 valence electrons. The molecule has 0 spiro atoms. The smallest absolute Gasteiger partial charge is 0.129 e. The Morgan fingerprint density at radius 2 is 1.63 bits per heavy atom. The van der Waals surface area contributed by atoms with Gasteiger partial charge in [-0.1, -0.05) is 48.5 Å². The molecule has 0 saturated heterocycles. The van der Waals surface area contributed by atoms with Crippen LogP contribution in [0.15, 0.2) is 60.7 Å². The number of hydrogen-bond donors (Lipinski definition) is 3. The van der Waals surface area contributed by atoms with Gasteiger partial charge in [0.05, 0.1) is 18.7 Å². The maximum atomic E-state index is 13.9. The molecule has 3 rings (SSSR count). The highest BCUT2D eigenvalue weighted by atomic mass is 19.1. The quantitative estimate of drug-likeness (QED) is 0.469. The van der Waals surface area contributed by atoms with Crippen molar-refractivity contribution in [1.82, 2.24) is 0 Å². The Balaban J connectivity index is 1.74. The van der Waals surface area contributed by atoms with Gasteiger partial charge < -0.3 is 20.5 Å². The molecule has 0 bridgehead atoms. The minimum Gasteiger partial charge on any atom is -0.488 e. The van der Waals surface area contributed by atoms with Gasteiger partial charge in [0, 0.05) is 5.56 Å². The number of fused-ring (bicyclic) bond motifs is 1. The second-order valence-corrected chi connectivity index (χ2v) is 6.51. The SMILES string of the molecule is OCC[NH2+]CC[NH2+]Cc1c(OCc2ccccc2F)ccc2ccccc12. The van der Waals surface area contributed by atoms with E-state index in [-0.39, 0.29) is 19.0 Å². The van der Waals surface area contributed by atoms with Crippen LogP contribution in [0, 0.1) is 5.82 Å². The highest BCUT2D eigenvalue weighted by molar-refractivity contribution is 5.87. The first kappa shape index (κ1) is 19.3. The van der Waals surface area contributed by atoms with Crippen molar-refractivity contribution in [2.45, 2.75) is 13.2 Å². The van der Waals surface area contributed by atoms with E-state index in [1.165, 1.54) is 16.8 Å². The summed E-state index contributed by atoms with van der Waals surface area (Å²) in [5.74, 6) is 0.554. The molecule has 0 atom stereocenters. The fourth-order valence-corrected chi connectivity index (χ4v) is 3.15. The molecule has 0 aliphatic carbocycles. The van der Waals surface area contributed by atoms with Crippen LogP contribution in [0.1, 0.15) is 11.1 Å². The predicted octanol–water partition coefficient (Wildman–Crippen LogP) is 1.18. The lowest BCUT2D eigenvalue weighted by Gasteiger charge is -2.14. The van der Waals surface area contributed by atoms with Crippen molar-refractivity contribution in [3.63, 3.8) is 0 Å². The van der Waals surface area contributed by atoms with Crippen LogP contribution in [0.4, 0.5) is 4.39 Å². The summed E-state index contributed by atoms with van der Waals surface area (Å²) in [5, 5.41) is 15.5. The van der Waals surface area contributed by atoms with Crippen molar-refractivity contribution in [1.29, 1.82) is 0 Å². The number of quaternary nitrogens is 2. The molecule has 0 saturated carbocycles. The molecular weight excluding hydrogens is 343 g/mol. The lowest BCUT2D eigenvalue weighted by atomic mass is 10.0. The normalized spacial score (nSPS) is 11.0. The van der Waals surface area contributed by atoms with Gasteiger partial charge in [0.2, 0.25) is 0 Å². The summed E-state index contributed by atoms with van der Waals surface area (Å²) >= 11 is 0. The molecule has 0 aliphatic rings. The number of halogens is 1. The van der Waals surface area contributed by atoms with Crippen LogP contribution in [-0.2, 0) is 13.2 Å². The van der Waals surface area contributed by atoms with Crippen LogP contribution in [0.2, 0.25) is 0 Å². The third-order valence-corrected chi connectivity index (χ3v) is 4.60. The average Bonchev–Trinajstić information content (AvgIpc) is 2.70. The highest BCUT2D eigenvalue weighted by Crippen LogP contribution is 2.28. The molecule has 0 amide bonds. The van der Waals surface area contributed by atoms with Crippen molar-refractivity contribution in [3.8, 4) is 5.75 Å². The van der Waals surface area contributed by atoms with Crippen molar-refractivity contribution < 1.29 is 24.9 Å². The molecule has 0 radical (unpaired) electrons. The summed E-state index contributed by atoms with van der Waals surface area (Å²) in [6.07, 6.45) is 0. The van der Waals surface area contributed by atoms with Gasteiger partial charge in [-0.25, -0.2) is 4.39 Å². The van der Waals surface area contributed by atoms with Crippen molar-refractivity contribution >= 4 is 10.8 Å². The van der Waals surface area contributed by atoms with Gasteiger partial charge in [0.15, 0.2) is 0 Å². The minimum absolute atomic E-state index is 0.206. The Kier molecular flexibility index (Phi) is 7.16. The first-order chi connectivity index (χ1) is 13.3. The number of hydrogen-bond acceptors (Lipinski definition) is 2. The molecule has 27 heavy (non-hydrogen) atoms. The molecule has 4 nitrogen and oxygen atoms in total. The fraction of sp³-hybridized carbons (Fsp3) is 0.273. The average molecular weight is 370 g/mol. The number of rotatable bonds is 10. The van der Waals surface area contributed by atoms with Gasteiger partial charge in [-0.15, -0.1) is 0 Å². The lowest BCUT2D eigenvalue weighted by Crippen LogP contribution is -2.94. The number of ether oxygens (including phenoxy) is 1. The summed E-state index contributed by atoms with van der Waals surface area (Å²) in [4.78, 5) is 0. The lowest BCUT2D eigenvalue weighted by molar-refractivity contribution is -0.731. The fourth-order valence-electron chi connectivity index (χ4n) is 3.15. The van der Waals surface area contributed by atoms with Crippen LogP contribution in [0.5, 0.6) is 5.75 Å². The van der Waals surface area contributed by atoms with E-state index in [1.54, 1.807) is 12.1 Å². The molecule has 3 aromatic rings. The van der Waals surface area contributed by atoms with E-state index in [9.17, 15) is 4.39 Å². The van der Waals surface area contributed by atoms with E-state index in [2.05, 4.69) is 22.8 Å². The molecule has 0 unspecified atom stereocenters. The molecule has 0 aromatic heterocycles. The summed E-state index contributed by atoms with van der Waals surface area (Å²) in [7, 11) is 0. The zero-order valence-electron chi connectivity index (χ0n) is 15.4. The van der Waals surface area contributed by atoms with Gasteiger partial charge in [-0.2, -0.15) is 0 Å². The van der Waals surface area contributed by atoms with Gasteiger partial charge in [0.25, 0.3) is 0 Å². The first-order valence-electron chi connectivity index (χ1n) is 9.40. The maximum absolute atomic E-state index is 13.9. The Morgan fingerprint density at radius 3 is 2.48 bits per heavy atom. The Labute approximate surface area is 159 Å². The molecule has 0 aliphatic heterocycles. The Morgan fingerprint density at radius 1 is 0.852 bits per heavy atom. The summed E-state index contributed by atoms with van der Waals surface area (Å²) in [6.45, 7) is 3.85. The van der Waals surface area contributed by atoms with Gasteiger partial charge in [0.1, 0.15) is 37.8 Å². The third kappa shape index (κ3) is 5.26. The molecule has 0 heterocycles. The molecule has 0 fully saturated rings. The van der Waals surface area contributed by atoms with Crippen molar-refractivity contribution in [3.05, 3.63) is 77.6 Å². The predicted molar refractivity (Wildman–Crippen MR) is 104 cm³/mol. The molecule has 5 N–H and O–H groups in total. The van der Waals surface area contributed by atoms with E-state index in [4.69, 9.17) is 9.84 Å². The van der Waals surface area contributed by atoms with Gasteiger partial charge in [-0.3, -0.25) is 0 Å². The number of aliphatic hydroxyl groups is 1.